The highest BCUT2D eigenvalue weighted by molar-refractivity contribution is 5.71. The number of carbonyl (C=O) groups excluding carboxylic acids is 3. The third-order valence-electron chi connectivity index (χ3n) is 10.7. The van der Waals surface area contributed by atoms with E-state index in [2.05, 4.69) is 45.1 Å². The molecule has 0 bridgehead atoms. The minimum Gasteiger partial charge on any atom is -0.462 e. The summed E-state index contributed by atoms with van der Waals surface area (Å²) < 4.78 is 16.6. The van der Waals surface area contributed by atoms with Crippen LogP contribution in [0.3, 0.4) is 0 Å². The summed E-state index contributed by atoms with van der Waals surface area (Å²) in [5.74, 6) is -0.883. The molecule has 0 saturated carbocycles. The molecular formula is C50H92O6. The normalized spacial score (nSPS) is 12.1. The largest absolute Gasteiger partial charge is 0.462 e. The van der Waals surface area contributed by atoms with Gasteiger partial charge in [-0.25, -0.2) is 0 Å². The van der Waals surface area contributed by atoms with E-state index < -0.39 is 6.10 Å². The lowest BCUT2D eigenvalue weighted by atomic mass is 10.0. The number of esters is 3. The van der Waals surface area contributed by atoms with Crippen molar-refractivity contribution in [1.29, 1.82) is 0 Å². The molecule has 0 amide bonds. The van der Waals surface area contributed by atoms with E-state index in [1.165, 1.54) is 141 Å². The van der Waals surface area contributed by atoms with Crippen molar-refractivity contribution in [3.63, 3.8) is 0 Å². The highest BCUT2D eigenvalue weighted by atomic mass is 16.6. The number of hydrogen-bond acceptors (Lipinski definition) is 6. The minimum atomic E-state index is -0.765. The monoisotopic (exact) mass is 789 g/mol. The Morgan fingerprint density at radius 3 is 1.02 bits per heavy atom. The quantitative estimate of drug-likeness (QED) is 0.0265. The lowest BCUT2D eigenvalue weighted by Crippen LogP contribution is -2.30. The molecule has 0 N–H and O–H groups in total. The third-order valence-corrected chi connectivity index (χ3v) is 10.7. The summed E-state index contributed by atoms with van der Waals surface area (Å²) in [5.41, 5.74) is 0. The van der Waals surface area contributed by atoms with Crippen molar-refractivity contribution in [2.75, 3.05) is 13.2 Å². The highest BCUT2D eigenvalue weighted by Crippen LogP contribution is 2.15. The summed E-state index contributed by atoms with van der Waals surface area (Å²) in [5, 5.41) is 0. The van der Waals surface area contributed by atoms with Gasteiger partial charge in [-0.2, -0.15) is 0 Å². The van der Waals surface area contributed by atoms with E-state index in [0.717, 1.165) is 77.0 Å². The number of ether oxygens (including phenoxy) is 3. The Labute approximate surface area is 347 Å². The first-order valence-corrected chi connectivity index (χ1v) is 24.3. The van der Waals surface area contributed by atoms with Gasteiger partial charge in [0.05, 0.1) is 0 Å². The third kappa shape index (κ3) is 43.0. The number of unbranched alkanes of at least 4 members (excludes halogenated alkanes) is 29. The van der Waals surface area contributed by atoms with E-state index in [-0.39, 0.29) is 31.1 Å². The van der Waals surface area contributed by atoms with Crippen LogP contribution in [0.5, 0.6) is 0 Å². The summed E-state index contributed by atoms with van der Waals surface area (Å²) in [6, 6.07) is 0. The molecule has 0 spiro atoms. The predicted octanol–water partition coefficient (Wildman–Crippen LogP) is 15.6. The Morgan fingerprint density at radius 2 is 0.643 bits per heavy atom. The number of hydrogen-bond donors (Lipinski definition) is 0. The van der Waals surface area contributed by atoms with Crippen LogP contribution >= 0.6 is 0 Å². The van der Waals surface area contributed by atoms with Crippen molar-refractivity contribution in [1.82, 2.24) is 0 Å². The Bertz CT molecular complexity index is 911. The zero-order valence-electron chi connectivity index (χ0n) is 37.4. The fourth-order valence-electron chi connectivity index (χ4n) is 7.00. The SMILES string of the molecule is CCCCC/C=C\C/C=C\CCCCCCCCCC(=O)OCC(COC(=O)CCCCCCC)OC(=O)CCCCCCCCCCCCCCCCCC. The van der Waals surface area contributed by atoms with Gasteiger partial charge in [-0.3, -0.25) is 14.4 Å². The van der Waals surface area contributed by atoms with Gasteiger partial charge in [-0.1, -0.05) is 212 Å². The number of carbonyl (C=O) groups is 3. The number of rotatable bonds is 44. The average Bonchev–Trinajstić information content (AvgIpc) is 3.19. The fraction of sp³-hybridized carbons (Fsp3) is 0.860. The van der Waals surface area contributed by atoms with Crippen LogP contribution in [0.15, 0.2) is 24.3 Å². The van der Waals surface area contributed by atoms with E-state index >= 15 is 0 Å². The molecule has 0 aromatic rings. The van der Waals surface area contributed by atoms with Crippen molar-refractivity contribution < 1.29 is 28.6 Å². The topological polar surface area (TPSA) is 78.9 Å². The van der Waals surface area contributed by atoms with Crippen LogP contribution in [0, 0.1) is 0 Å². The Kier molecular flexibility index (Phi) is 43.9. The predicted molar refractivity (Wildman–Crippen MR) is 238 cm³/mol. The van der Waals surface area contributed by atoms with E-state index in [4.69, 9.17) is 14.2 Å². The maximum Gasteiger partial charge on any atom is 0.306 e. The molecular weight excluding hydrogens is 697 g/mol. The van der Waals surface area contributed by atoms with Crippen molar-refractivity contribution in [3.8, 4) is 0 Å². The summed E-state index contributed by atoms with van der Waals surface area (Å²) in [4.78, 5) is 37.6. The van der Waals surface area contributed by atoms with E-state index in [0.29, 0.717) is 19.3 Å². The summed E-state index contributed by atoms with van der Waals surface area (Å²) >= 11 is 0. The standard InChI is InChI=1S/C50H92O6/c1-4-7-10-13-15-17-19-21-23-25-27-28-30-32-34-37-40-43-49(52)55-46-47(45-54-48(51)42-39-36-12-9-6-3)56-50(53)44-41-38-35-33-31-29-26-24-22-20-18-16-14-11-8-5-2/h15,17,21,23,47H,4-14,16,18-20,22,24-46H2,1-3H3/b17-15-,23-21-. The van der Waals surface area contributed by atoms with Gasteiger partial charge in [0.25, 0.3) is 0 Å². The molecule has 0 aliphatic carbocycles. The van der Waals surface area contributed by atoms with E-state index in [1.54, 1.807) is 0 Å². The smallest absolute Gasteiger partial charge is 0.306 e. The molecule has 0 heterocycles. The van der Waals surface area contributed by atoms with Gasteiger partial charge in [0.1, 0.15) is 13.2 Å². The lowest BCUT2D eigenvalue weighted by Gasteiger charge is -2.18. The molecule has 1 unspecified atom stereocenters. The highest BCUT2D eigenvalue weighted by Gasteiger charge is 2.19. The first kappa shape index (κ1) is 53.9. The molecule has 0 radical (unpaired) electrons. The van der Waals surface area contributed by atoms with Gasteiger partial charge in [0.15, 0.2) is 6.10 Å². The minimum absolute atomic E-state index is 0.0717. The van der Waals surface area contributed by atoms with Crippen LogP contribution in [0.4, 0.5) is 0 Å². The second kappa shape index (κ2) is 45.6. The molecule has 0 saturated heterocycles. The summed E-state index contributed by atoms with van der Waals surface area (Å²) in [6.45, 7) is 6.54. The molecule has 56 heavy (non-hydrogen) atoms. The first-order chi connectivity index (χ1) is 27.5. The molecule has 328 valence electrons. The lowest BCUT2D eigenvalue weighted by molar-refractivity contribution is -0.167. The van der Waals surface area contributed by atoms with Crippen LogP contribution in [0.1, 0.15) is 258 Å². The first-order valence-electron chi connectivity index (χ1n) is 24.3. The molecule has 0 aliphatic heterocycles. The number of allylic oxidation sites excluding steroid dienone is 4. The Hall–Kier alpha value is -2.11. The van der Waals surface area contributed by atoms with Gasteiger partial charge in [-0.15, -0.1) is 0 Å². The maximum absolute atomic E-state index is 12.7. The van der Waals surface area contributed by atoms with Gasteiger partial charge < -0.3 is 14.2 Å². The molecule has 0 fully saturated rings. The zero-order chi connectivity index (χ0) is 40.8. The van der Waals surface area contributed by atoms with Gasteiger partial charge in [0, 0.05) is 19.3 Å². The van der Waals surface area contributed by atoms with Crippen molar-refractivity contribution >= 4 is 17.9 Å². The Morgan fingerprint density at radius 1 is 0.357 bits per heavy atom. The Balaban J connectivity index is 4.17. The van der Waals surface area contributed by atoms with Gasteiger partial charge in [0.2, 0.25) is 0 Å². The average molecular weight is 789 g/mol. The van der Waals surface area contributed by atoms with Crippen LogP contribution in [-0.2, 0) is 28.6 Å². The van der Waals surface area contributed by atoms with Gasteiger partial charge in [-0.05, 0) is 51.4 Å². The summed E-state index contributed by atoms with van der Waals surface area (Å²) in [6.07, 6.45) is 50.5. The fourth-order valence-corrected chi connectivity index (χ4v) is 7.00. The van der Waals surface area contributed by atoms with Gasteiger partial charge >= 0.3 is 17.9 Å². The van der Waals surface area contributed by atoms with Crippen molar-refractivity contribution in [2.24, 2.45) is 0 Å². The zero-order valence-corrected chi connectivity index (χ0v) is 37.4. The second-order valence-corrected chi connectivity index (χ2v) is 16.4. The van der Waals surface area contributed by atoms with Crippen LogP contribution in [0.25, 0.3) is 0 Å². The van der Waals surface area contributed by atoms with E-state index in [9.17, 15) is 14.4 Å². The van der Waals surface area contributed by atoms with Crippen LogP contribution in [0.2, 0.25) is 0 Å². The molecule has 1 atom stereocenters. The van der Waals surface area contributed by atoms with Crippen molar-refractivity contribution in [2.45, 2.75) is 264 Å². The molecule has 6 nitrogen and oxygen atoms in total. The molecule has 0 aromatic heterocycles. The molecule has 0 aliphatic rings. The second-order valence-electron chi connectivity index (χ2n) is 16.4. The summed E-state index contributed by atoms with van der Waals surface area (Å²) in [7, 11) is 0. The molecule has 0 rings (SSSR count). The van der Waals surface area contributed by atoms with Crippen molar-refractivity contribution in [3.05, 3.63) is 24.3 Å². The van der Waals surface area contributed by atoms with Crippen LogP contribution in [-0.4, -0.2) is 37.2 Å². The maximum atomic E-state index is 12.7. The van der Waals surface area contributed by atoms with E-state index in [1.807, 2.05) is 0 Å². The van der Waals surface area contributed by atoms with Crippen LogP contribution < -0.4 is 0 Å². The molecule has 0 aromatic carbocycles. The molecule has 6 heteroatoms.